The molecule has 2 aromatic rings. The van der Waals surface area contributed by atoms with Crippen LogP contribution in [0.5, 0.6) is 0 Å². The summed E-state index contributed by atoms with van der Waals surface area (Å²) >= 11 is 10.7. The van der Waals surface area contributed by atoms with E-state index in [1.807, 2.05) is 12.3 Å². The van der Waals surface area contributed by atoms with Crippen molar-refractivity contribution < 1.29 is 0 Å². The number of halogens is 1. The number of pyridine rings is 1. The van der Waals surface area contributed by atoms with Crippen molar-refractivity contribution in [1.82, 2.24) is 15.2 Å². The number of aromatic nitrogens is 3. The molecule has 0 bridgehead atoms. The van der Waals surface area contributed by atoms with Gasteiger partial charge in [-0.2, -0.15) is 0 Å². The molecule has 0 spiro atoms. The van der Waals surface area contributed by atoms with E-state index in [1.54, 1.807) is 18.0 Å². The molecule has 0 aliphatic rings. The molecule has 0 aliphatic carbocycles. The second-order valence-corrected chi connectivity index (χ2v) is 6.58. The Hall–Kier alpha value is -0.340. The highest BCUT2D eigenvalue weighted by Crippen LogP contribution is 2.36. The number of thioether (sulfide) groups is 1. The third kappa shape index (κ3) is 3.11. The van der Waals surface area contributed by atoms with Crippen molar-refractivity contribution in [3.63, 3.8) is 0 Å². The zero-order chi connectivity index (χ0) is 12.3. The molecule has 17 heavy (non-hydrogen) atoms. The summed E-state index contributed by atoms with van der Waals surface area (Å²) in [6.45, 7) is 0.404. The monoisotopic (exact) mass is 304 g/mol. The molecule has 0 atom stereocenters. The maximum atomic E-state index is 6.19. The first-order chi connectivity index (χ1) is 8.24. The number of hydrogen-bond acceptors (Lipinski definition) is 7. The molecule has 2 N–H and O–H groups in total. The SMILES string of the molecule is CSc1nnc(Sc2nccc(CN)c2Cl)s1. The maximum Gasteiger partial charge on any atom is 0.181 e. The lowest BCUT2D eigenvalue weighted by molar-refractivity contribution is 0.952. The van der Waals surface area contributed by atoms with Crippen LogP contribution < -0.4 is 5.73 Å². The summed E-state index contributed by atoms with van der Waals surface area (Å²) in [5.41, 5.74) is 6.48. The van der Waals surface area contributed by atoms with Crippen LogP contribution in [0.4, 0.5) is 0 Å². The van der Waals surface area contributed by atoms with Gasteiger partial charge < -0.3 is 5.73 Å². The molecular weight excluding hydrogens is 296 g/mol. The van der Waals surface area contributed by atoms with Crippen molar-refractivity contribution in [3.8, 4) is 0 Å². The molecule has 0 aromatic carbocycles. The lowest BCUT2D eigenvalue weighted by Gasteiger charge is -2.04. The molecular formula is C9H9ClN4S3. The molecule has 0 saturated heterocycles. The Morgan fingerprint density at radius 2 is 2.18 bits per heavy atom. The number of rotatable bonds is 4. The molecule has 0 saturated carbocycles. The van der Waals surface area contributed by atoms with Crippen molar-refractivity contribution in [2.45, 2.75) is 20.3 Å². The van der Waals surface area contributed by atoms with Crippen molar-refractivity contribution >= 4 is 46.5 Å². The fourth-order valence-electron chi connectivity index (χ4n) is 1.09. The third-order valence-corrected chi connectivity index (χ3v) is 5.39. The predicted octanol–water partition coefficient (Wildman–Crippen LogP) is 2.92. The first-order valence-electron chi connectivity index (χ1n) is 4.63. The zero-order valence-corrected chi connectivity index (χ0v) is 12.1. The van der Waals surface area contributed by atoms with Gasteiger partial charge in [0.05, 0.1) is 5.02 Å². The van der Waals surface area contributed by atoms with Crippen molar-refractivity contribution in [2.24, 2.45) is 5.73 Å². The summed E-state index contributed by atoms with van der Waals surface area (Å²) in [6.07, 6.45) is 3.67. The molecule has 2 heterocycles. The van der Waals surface area contributed by atoms with E-state index in [0.29, 0.717) is 11.6 Å². The smallest absolute Gasteiger partial charge is 0.181 e. The summed E-state index contributed by atoms with van der Waals surface area (Å²) in [7, 11) is 0. The normalized spacial score (nSPS) is 10.8. The molecule has 0 fully saturated rings. The summed E-state index contributed by atoms with van der Waals surface area (Å²) in [6, 6.07) is 1.82. The molecule has 0 unspecified atom stereocenters. The van der Waals surface area contributed by atoms with Gasteiger partial charge in [0.25, 0.3) is 0 Å². The van der Waals surface area contributed by atoms with E-state index in [2.05, 4.69) is 15.2 Å². The Bertz CT molecular complexity index is 517. The van der Waals surface area contributed by atoms with Gasteiger partial charge in [-0.25, -0.2) is 4.98 Å². The molecule has 2 aromatic heterocycles. The minimum absolute atomic E-state index is 0.404. The largest absolute Gasteiger partial charge is 0.326 e. The summed E-state index contributed by atoms with van der Waals surface area (Å²) in [4.78, 5) is 4.22. The fourth-order valence-corrected chi connectivity index (χ4v) is 3.78. The van der Waals surface area contributed by atoms with Gasteiger partial charge in [-0.3, -0.25) is 0 Å². The van der Waals surface area contributed by atoms with E-state index in [9.17, 15) is 0 Å². The van der Waals surface area contributed by atoms with Crippen LogP contribution >= 0.6 is 46.5 Å². The van der Waals surface area contributed by atoms with Gasteiger partial charge in [-0.1, -0.05) is 34.7 Å². The Morgan fingerprint density at radius 1 is 1.41 bits per heavy atom. The minimum Gasteiger partial charge on any atom is -0.326 e. The van der Waals surface area contributed by atoms with Crippen LogP contribution in [-0.2, 0) is 6.54 Å². The molecule has 0 aliphatic heterocycles. The van der Waals surface area contributed by atoms with Gasteiger partial charge in [-0.15, -0.1) is 10.2 Å². The zero-order valence-electron chi connectivity index (χ0n) is 8.88. The van der Waals surface area contributed by atoms with Crippen LogP contribution in [0.15, 0.2) is 26.0 Å². The Kier molecular flexibility index (Phi) is 4.63. The van der Waals surface area contributed by atoms with Gasteiger partial charge in [0.2, 0.25) is 0 Å². The Balaban J connectivity index is 2.23. The van der Waals surface area contributed by atoms with Crippen molar-refractivity contribution in [3.05, 3.63) is 22.8 Å². The van der Waals surface area contributed by atoms with E-state index in [1.165, 1.54) is 23.1 Å². The van der Waals surface area contributed by atoms with E-state index in [4.69, 9.17) is 17.3 Å². The van der Waals surface area contributed by atoms with Gasteiger partial charge in [-0.05, 0) is 29.6 Å². The molecule has 0 radical (unpaired) electrons. The second kappa shape index (κ2) is 6.01. The highest BCUT2D eigenvalue weighted by Gasteiger charge is 2.11. The molecule has 2 rings (SSSR count). The quantitative estimate of drug-likeness (QED) is 0.876. The van der Waals surface area contributed by atoms with E-state index < -0.39 is 0 Å². The number of nitrogens with two attached hydrogens (primary N) is 1. The van der Waals surface area contributed by atoms with Gasteiger partial charge >= 0.3 is 0 Å². The first-order valence-corrected chi connectivity index (χ1v) is 7.87. The van der Waals surface area contributed by atoms with Crippen molar-refractivity contribution in [2.75, 3.05) is 6.26 Å². The van der Waals surface area contributed by atoms with Crippen molar-refractivity contribution in [1.29, 1.82) is 0 Å². The average Bonchev–Trinajstić information content (AvgIpc) is 2.79. The third-order valence-electron chi connectivity index (χ3n) is 1.90. The second-order valence-electron chi connectivity index (χ2n) is 2.93. The maximum absolute atomic E-state index is 6.19. The Labute approximate surface area is 116 Å². The average molecular weight is 305 g/mol. The summed E-state index contributed by atoms with van der Waals surface area (Å²) in [5, 5.41) is 9.40. The number of hydrogen-bond donors (Lipinski definition) is 1. The summed E-state index contributed by atoms with van der Waals surface area (Å²) in [5.74, 6) is 0. The van der Waals surface area contributed by atoms with E-state index in [-0.39, 0.29) is 0 Å². The van der Waals surface area contributed by atoms with E-state index >= 15 is 0 Å². The standard InChI is InChI=1S/C9H9ClN4S3/c1-15-8-13-14-9(17-8)16-7-6(10)5(4-11)2-3-12-7/h2-3H,4,11H2,1H3. The van der Waals surface area contributed by atoms with Gasteiger partial charge in [0, 0.05) is 12.7 Å². The van der Waals surface area contributed by atoms with Crippen LogP contribution in [0.2, 0.25) is 5.02 Å². The van der Waals surface area contributed by atoms with Crippen LogP contribution in [0.3, 0.4) is 0 Å². The summed E-state index contributed by atoms with van der Waals surface area (Å²) < 4.78 is 1.76. The fraction of sp³-hybridized carbons (Fsp3) is 0.222. The molecule has 0 amide bonds. The lowest BCUT2D eigenvalue weighted by Crippen LogP contribution is -1.98. The molecule has 4 nitrogen and oxygen atoms in total. The van der Waals surface area contributed by atoms with Gasteiger partial charge in [0.1, 0.15) is 5.03 Å². The first kappa shape index (κ1) is 13.1. The highest BCUT2D eigenvalue weighted by atomic mass is 35.5. The van der Waals surface area contributed by atoms with E-state index in [0.717, 1.165) is 19.3 Å². The predicted molar refractivity (Wildman–Crippen MR) is 73.0 cm³/mol. The van der Waals surface area contributed by atoms with Crippen LogP contribution in [0, 0.1) is 0 Å². The van der Waals surface area contributed by atoms with Crippen LogP contribution in [-0.4, -0.2) is 21.4 Å². The number of nitrogens with zero attached hydrogens (tertiary/aromatic N) is 3. The lowest BCUT2D eigenvalue weighted by atomic mass is 10.3. The highest BCUT2D eigenvalue weighted by molar-refractivity contribution is 8.03. The molecule has 90 valence electrons. The van der Waals surface area contributed by atoms with Crippen LogP contribution in [0.1, 0.15) is 5.56 Å². The molecule has 8 heteroatoms. The van der Waals surface area contributed by atoms with Crippen LogP contribution in [0.25, 0.3) is 0 Å². The minimum atomic E-state index is 0.404. The van der Waals surface area contributed by atoms with Gasteiger partial charge in [0.15, 0.2) is 8.68 Å². The topological polar surface area (TPSA) is 64.7 Å². The Morgan fingerprint density at radius 3 is 2.82 bits per heavy atom.